The first-order chi connectivity index (χ1) is 7.20. The van der Waals surface area contributed by atoms with Crippen molar-refractivity contribution in [1.82, 2.24) is 14.5 Å². The molecule has 3 N–H and O–H groups in total. The summed E-state index contributed by atoms with van der Waals surface area (Å²) in [6, 6.07) is 0. The number of hydrogen-bond acceptors (Lipinski definition) is 6. The van der Waals surface area contributed by atoms with Gasteiger partial charge in [0.05, 0.1) is 12.7 Å². The van der Waals surface area contributed by atoms with Crippen LogP contribution in [0.1, 0.15) is 19.1 Å². The second-order valence-corrected chi connectivity index (χ2v) is 3.38. The molecular weight excluding hydrogens is 200 g/mol. The molecule has 1 saturated heterocycles. The third-order valence-corrected chi connectivity index (χ3v) is 2.34. The van der Waals surface area contributed by atoms with E-state index in [1.54, 1.807) is 0 Å². The van der Waals surface area contributed by atoms with Gasteiger partial charge in [-0.1, -0.05) is 0 Å². The molecule has 1 aromatic heterocycles. The van der Waals surface area contributed by atoms with E-state index in [2.05, 4.69) is 9.97 Å². The molecule has 2 atom stereocenters. The van der Waals surface area contributed by atoms with Gasteiger partial charge in [-0.25, -0.2) is 9.78 Å². The van der Waals surface area contributed by atoms with Crippen LogP contribution in [0.4, 0.5) is 5.95 Å². The van der Waals surface area contributed by atoms with Crippen molar-refractivity contribution >= 4 is 5.95 Å². The number of aromatic nitrogens is 3. The van der Waals surface area contributed by atoms with Crippen LogP contribution in [0.25, 0.3) is 0 Å². The number of ether oxygens (including phenoxy) is 1. The molecule has 0 amide bonds. The zero-order chi connectivity index (χ0) is 10.8. The summed E-state index contributed by atoms with van der Waals surface area (Å²) in [5.74, 6) is -0.0482. The van der Waals surface area contributed by atoms with Crippen molar-refractivity contribution in [2.45, 2.75) is 25.2 Å². The van der Waals surface area contributed by atoms with Crippen LogP contribution < -0.4 is 11.4 Å². The van der Waals surface area contributed by atoms with E-state index in [4.69, 9.17) is 15.6 Å². The summed E-state index contributed by atoms with van der Waals surface area (Å²) in [4.78, 5) is 18.6. The molecule has 1 aliphatic heterocycles. The van der Waals surface area contributed by atoms with Crippen LogP contribution in [0.5, 0.6) is 0 Å². The molecule has 0 spiro atoms. The van der Waals surface area contributed by atoms with E-state index >= 15 is 0 Å². The molecule has 1 aromatic rings. The summed E-state index contributed by atoms with van der Waals surface area (Å²) in [6.07, 6.45) is 2.10. The van der Waals surface area contributed by atoms with E-state index in [9.17, 15) is 4.79 Å². The molecule has 0 aliphatic carbocycles. The Balaban J connectivity index is 2.20. The Kier molecular flexibility index (Phi) is 2.65. The Hall–Kier alpha value is -1.47. The van der Waals surface area contributed by atoms with E-state index in [1.165, 1.54) is 10.9 Å². The smallest absolute Gasteiger partial charge is 0.354 e. The molecule has 15 heavy (non-hydrogen) atoms. The van der Waals surface area contributed by atoms with Gasteiger partial charge in [0.15, 0.2) is 0 Å². The lowest BCUT2D eigenvalue weighted by molar-refractivity contribution is -0.0250. The predicted octanol–water partition coefficient (Wildman–Crippen LogP) is -1.11. The lowest BCUT2D eigenvalue weighted by Crippen LogP contribution is -2.28. The summed E-state index contributed by atoms with van der Waals surface area (Å²) in [5.41, 5.74) is 4.78. The van der Waals surface area contributed by atoms with Gasteiger partial charge in [0, 0.05) is 0 Å². The molecular formula is C8H12N4O3. The van der Waals surface area contributed by atoms with E-state index in [1.807, 2.05) is 0 Å². The summed E-state index contributed by atoms with van der Waals surface area (Å²) >= 11 is 0. The normalized spacial score (nSPS) is 25.7. The topological polar surface area (TPSA) is 103 Å². The van der Waals surface area contributed by atoms with Gasteiger partial charge >= 0.3 is 5.69 Å². The Morgan fingerprint density at radius 2 is 2.47 bits per heavy atom. The number of nitrogen functional groups attached to an aromatic ring is 1. The number of nitrogens with zero attached hydrogens (tertiary/aromatic N) is 3. The van der Waals surface area contributed by atoms with Crippen LogP contribution in [0.15, 0.2) is 11.1 Å². The molecule has 0 radical (unpaired) electrons. The van der Waals surface area contributed by atoms with Gasteiger partial charge in [0.25, 0.3) is 0 Å². The highest BCUT2D eigenvalue weighted by Gasteiger charge is 2.26. The average Bonchev–Trinajstić information content (AvgIpc) is 2.66. The SMILES string of the molecule is Nc1ncn(C2CCC(CO)O2)c(=O)n1. The number of nitrogens with two attached hydrogens (primary N) is 1. The quantitative estimate of drug-likeness (QED) is 0.644. The molecule has 7 heteroatoms. The Morgan fingerprint density at radius 1 is 1.67 bits per heavy atom. The number of aliphatic hydroxyl groups excluding tert-OH is 1. The Bertz CT molecular complexity index is 405. The Morgan fingerprint density at radius 3 is 3.07 bits per heavy atom. The minimum absolute atomic E-state index is 0.0406. The second kappa shape index (κ2) is 3.95. The molecule has 82 valence electrons. The maximum absolute atomic E-state index is 11.4. The largest absolute Gasteiger partial charge is 0.394 e. The molecule has 2 unspecified atom stereocenters. The number of rotatable bonds is 2. The fourth-order valence-corrected chi connectivity index (χ4v) is 1.58. The second-order valence-electron chi connectivity index (χ2n) is 3.38. The van der Waals surface area contributed by atoms with Gasteiger partial charge in [-0.3, -0.25) is 4.57 Å². The van der Waals surface area contributed by atoms with Gasteiger partial charge in [0.2, 0.25) is 5.95 Å². The summed E-state index contributed by atoms with van der Waals surface area (Å²) in [7, 11) is 0. The monoisotopic (exact) mass is 212 g/mol. The summed E-state index contributed by atoms with van der Waals surface area (Å²) in [6.45, 7) is -0.0406. The molecule has 0 bridgehead atoms. The van der Waals surface area contributed by atoms with Gasteiger partial charge in [-0.2, -0.15) is 4.98 Å². The van der Waals surface area contributed by atoms with E-state index in [0.717, 1.165) is 6.42 Å². The molecule has 1 aliphatic rings. The maximum atomic E-state index is 11.4. The van der Waals surface area contributed by atoms with Crippen molar-refractivity contribution in [2.24, 2.45) is 0 Å². The van der Waals surface area contributed by atoms with E-state index in [0.29, 0.717) is 6.42 Å². The highest BCUT2D eigenvalue weighted by atomic mass is 16.5. The van der Waals surface area contributed by atoms with Crippen molar-refractivity contribution in [1.29, 1.82) is 0 Å². The number of anilines is 1. The first kappa shape index (κ1) is 10.1. The van der Waals surface area contributed by atoms with Crippen LogP contribution in [0, 0.1) is 0 Å². The predicted molar refractivity (Wildman–Crippen MR) is 50.9 cm³/mol. The molecule has 0 saturated carbocycles. The lowest BCUT2D eigenvalue weighted by atomic mass is 10.2. The third kappa shape index (κ3) is 1.97. The first-order valence-electron chi connectivity index (χ1n) is 4.67. The zero-order valence-electron chi connectivity index (χ0n) is 8.04. The fraction of sp³-hybridized carbons (Fsp3) is 0.625. The van der Waals surface area contributed by atoms with Crippen molar-refractivity contribution in [3.63, 3.8) is 0 Å². The highest BCUT2D eigenvalue weighted by molar-refractivity contribution is 5.09. The van der Waals surface area contributed by atoms with E-state index < -0.39 is 11.9 Å². The molecule has 7 nitrogen and oxygen atoms in total. The highest BCUT2D eigenvalue weighted by Crippen LogP contribution is 2.26. The lowest BCUT2D eigenvalue weighted by Gasteiger charge is -2.13. The standard InChI is InChI=1S/C8H12N4O3/c9-7-10-4-12(8(14)11-7)6-2-1-5(3-13)15-6/h4-6,13H,1-3H2,(H2,9,11,14). The first-order valence-corrected chi connectivity index (χ1v) is 4.67. The fourth-order valence-electron chi connectivity index (χ4n) is 1.58. The molecule has 2 rings (SSSR count). The molecule has 2 heterocycles. The van der Waals surface area contributed by atoms with Crippen molar-refractivity contribution in [2.75, 3.05) is 12.3 Å². The minimum Gasteiger partial charge on any atom is -0.394 e. The average molecular weight is 212 g/mol. The summed E-state index contributed by atoms with van der Waals surface area (Å²) in [5, 5.41) is 8.88. The van der Waals surface area contributed by atoms with Gasteiger partial charge in [0.1, 0.15) is 12.6 Å². The van der Waals surface area contributed by atoms with Crippen LogP contribution in [-0.4, -0.2) is 32.4 Å². The zero-order valence-corrected chi connectivity index (χ0v) is 8.04. The maximum Gasteiger partial charge on any atom is 0.354 e. The minimum atomic E-state index is -0.480. The molecule has 0 aromatic carbocycles. The third-order valence-electron chi connectivity index (χ3n) is 2.34. The van der Waals surface area contributed by atoms with Crippen LogP contribution in [0.2, 0.25) is 0 Å². The van der Waals surface area contributed by atoms with Crippen LogP contribution in [0.3, 0.4) is 0 Å². The Labute approximate surface area is 85.5 Å². The van der Waals surface area contributed by atoms with Crippen LogP contribution in [-0.2, 0) is 4.74 Å². The van der Waals surface area contributed by atoms with Crippen molar-refractivity contribution in [3.8, 4) is 0 Å². The van der Waals surface area contributed by atoms with Gasteiger partial charge in [-0.05, 0) is 12.8 Å². The summed E-state index contributed by atoms with van der Waals surface area (Å²) < 4.78 is 6.69. The van der Waals surface area contributed by atoms with Gasteiger partial charge in [-0.15, -0.1) is 0 Å². The van der Waals surface area contributed by atoms with Crippen molar-refractivity contribution < 1.29 is 9.84 Å². The van der Waals surface area contributed by atoms with E-state index in [-0.39, 0.29) is 18.7 Å². The van der Waals surface area contributed by atoms with Crippen LogP contribution >= 0.6 is 0 Å². The van der Waals surface area contributed by atoms with Gasteiger partial charge < -0.3 is 15.6 Å². The molecule has 1 fully saturated rings. The van der Waals surface area contributed by atoms with Crippen molar-refractivity contribution in [3.05, 3.63) is 16.8 Å². The number of aliphatic hydroxyl groups is 1. The number of hydrogen-bond donors (Lipinski definition) is 2.